The molecule has 0 heterocycles. The monoisotopic (exact) mass is 148 g/mol. The first-order chi connectivity index (χ1) is 2.00. The predicted molar refractivity (Wildman–Crippen MR) is 32.1 cm³/mol. The van der Waals surface area contributed by atoms with Gasteiger partial charge in [-0.15, -0.1) is 0 Å². The van der Waals surface area contributed by atoms with E-state index in [1.807, 2.05) is 0 Å². The van der Waals surface area contributed by atoms with Crippen LogP contribution in [0.15, 0.2) is 0 Å². The summed E-state index contributed by atoms with van der Waals surface area (Å²) in [5.41, 5.74) is 0. The van der Waals surface area contributed by atoms with Gasteiger partial charge in [0.2, 0.25) is 0 Å². The molecular weight excluding hydrogens is 142 g/mol. The molecular formula is H6LiNaO5S. The summed E-state index contributed by atoms with van der Waals surface area (Å²) in [5.74, 6) is 0. The van der Waals surface area contributed by atoms with Gasteiger partial charge in [-0.3, -0.25) is 9.11 Å². The molecule has 0 unspecified atom stereocenters. The third-order valence-electron chi connectivity index (χ3n) is 0. The summed E-state index contributed by atoms with van der Waals surface area (Å²) in [4.78, 5) is 0. The van der Waals surface area contributed by atoms with E-state index in [1.54, 1.807) is 0 Å². The second kappa shape index (κ2) is 8.43. The van der Waals surface area contributed by atoms with Crippen LogP contribution in [0.25, 0.3) is 0 Å². The van der Waals surface area contributed by atoms with Gasteiger partial charge in [-0.1, -0.05) is 0 Å². The fourth-order valence-corrected chi connectivity index (χ4v) is 0. The zero-order valence-electron chi connectivity index (χ0n) is 2.62. The van der Waals surface area contributed by atoms with Gasteiger partial charge in [0.25, 0.3) is 0 Å². The predicted octanol–water partition coefficient (Wildman–Crippen LogP) is -2.77. The molecule has 0 amide bonds. The third-order valence-corrected chi connectivity index (χ3v) is 0. The molecule has 0 fully saturated rings. The summed E-state index contributed by atoms with van der Waals surface area (Å²) in [6.45, 7) is 0. The van der Waals surface area contributed by atoms with Crippen LogP contribution in [0.5, 0.6) is 0 Å². The van der Waals surface area contributed by atoms with Gasteiger partial charge in [0.1, 0.15) is 0 Å². The molecule has 8 heavy (non-hydrogen) atoms. The van der Waals surface area contributed by atoms with Gasteiger partial charge in [0.05, 0.1) is 0 Å². The maximum atomic E-state index is 8.74. The van der Waals surface area contributed by atoms with Crippen molar-refractivity contribution in [2.24, 2.45) is 0 Å². The molecule has 0 atom stereocenters. The summed E-state index contributed by atoms with van der Waals surface area (Å²) in [6, 6.07) is 0. The second-order valence-corrected chi connectivity index (χ2v) is 1.34. The third kappa shape index (κ3) is 151. The van der Waals surface area contributed by atoms with Gasteiger partial charge in [0.15, 0.2) is 0 Å². The fourth-order valence-electron chi connectivity index (χ4n) is 0. The van der Waals surface area contributed by atoms with Gasteiger partial charge in [-0.05, 0) is 0 Å². The topological polar surface area (TPSA) is 106 Å². The molecule has 0 aromatic rings. The van der Waals surface area contributed by atoms with E-state index in [-0.39, 0.29) is 53.9 Å². The number of hydrogen-bond acceptors (Lipinski definition) is 2. The van der Waals surface area contributed by atoms with Crippen molar-refractivity contribution in [3.05, 3.63) is 0 Å². The Balaban J connectivity index is -0.0000000267. The Hall–Kier alpha value is 1.43. The van der Waals surface area contributed by atoms with Crippen molar-refractivity contribution in [2.75, 3.05) is 0 Å². The Morgan fingerprint density at radius 2 is 1.12 bits per heavy atom. The van der Waals surface area contributed by atoms with Gasteiger partial charge < -0.3 is 5.48 Å². The Labute approximate surface area is 81.2 Å². The molecule has 0 aromatic carbocycles. The van der Waals surface area contributed by atoms with E-state index in [4.69, 9.17) is 17.5 Å². The van der Waals surface area contributed by atoms with E-state index in [0.717, 1.165) is 0 Å². The summed E-state index contributed by atoms with van der Waals surface area (Å²) >= 11 is 0. The Kier molecular flexibility index (Phi) is 23.9. The maximum absolute atomic E-state index is 8.74. The van der Waals surface area contributed by atoms with E-state index in [1.165, 1.54) is 0 Å². The van der Waals surface area contributed by atoms with Crippen molar-refractivity contribution in [1.82, 2.24) is 0 Å². The molecule has 0 aliphatic heterocycles. The van der Waals surface area contributed by atoms with Crippen molar-refractivity contribution < 1.29 is 23.0 Å². The summed E-state index contributed by atoms with van der Waals surface area (Å²) in [6.07, 6.45) is 0. The molecule has 0 aromatic heterocycles. The summed E-state index contributed by atoms with van der Waals surface area (Å²) in [5, 5.41) is 0. The van der Waals surface area contributed by atoms with Crippen LogP contribution < -0.4 is 0 Å². The SMILES string of the molecule is O.O=S(=O)(O)O.[LiH].[NaH]. The Bertz CT molecular complexity index is 95.6. The van der Waals surface area contributed by atoms with Crippen molar-refractivity contribution in [3.8, 4) is 0 Å². The van der Waals surface area contributed by atoms with E-state index in [2.05, 4.69) is 0 Å². The standard InChI is InChI=1S/Li.Na.H2O4S.H2O.2H/c;;1-5(2,3)4;;;/h;;(H2,1,2,3,4);1H2;;. The van der Waals surface area contributed by atoms with Crippen LogP contribution in [0.1, 0.15) is 0 Å². The van der Waals surface area contributed by atoms with E-state index >= 15 is 0 Å². The molecule has 5 nitrogen and oxygen atoms in total. The zero-order chi connectivity index (χ0) is 4.50. The van der Waals surface area contributed by atoms with Gasteiger partial charge >= 0.3 is 58.8 Å². The second-order valence-electron chi connectivity index (χ2n) is 0.448. The number of rotatable bonds is 0. The Morgan fingerprint density at radius 3 is 1.12 bits per heavy atom. The zero-order valence-corrected chi connectivity index (χ0v) is 3.44. The molecule has 0 aliphatic carbocycles. The van der Waals surface area contributed by atoms with E-state index in [0.29, 0.717) is 0 Å². The first kappa shape index (κ1) is 22.7. The van der Waals surface area contributed by atoms with Gasteiger partial charge in [-0.25, -0.2) is 0 Å². The van der Waals surface area contributed by atoms with Crippen LogP contribution in [0.2, 0.25) is 0 Å². The van der Waals surface area contributed by atoms with E-state index in [9.17, 15) is 0 Å². The van der Waals surface area contributed by atoms with Crippen molar-refractivity contribution in [1.29, 1.82) is 0 Å². The van der Waals surface area contributed by atoms with Crippen molar-refractivity contribution in [2.45, 2.75) is 0 Å². The van der Waals surface area contributed by atoms with Crippen LogP contribution in [0.4, 0.5) is 0 Å². The normalized spacial score (nSPS) is 7.25. The van der Waals surface area contributed by atoms with Crippen molar-refractivity contribution in [3.63, 3.8) is 0 Å². The molecule has 0 radical (unpaired) electrons. The summed E-state index contributed by atoms with van der Waals surface area (Å²) in [7, 11) is -4.67. The fraction of sp³-hybridized carbons (Fsp3) is 0. The van der Waals surface area contributed by atoms with Crippen LogP contribution in [-0.2, 0) is 10.4 Å². The molecule has 0 saturated heterocycles. The quantitative estimate of drug-likeness (QED) is 0.286. The first-order valence-electron chi connectivity index (χ1n) is 0.698. The molecule has 4 N–H and O–H groups in total. The van der Waals surface area contributed by atoms with E-state index < -0.39 is 10.4 Å². The Morgan fingerprint density at radius 1 is 1.12 bits per heavy atom. The first-order valence-corrected chi connectivity index (χ1v) is 2.10. The molecule has 0 bridgehead atoms. The minimum atomic E-state index is -4.67. The summed E-state index contributed by atoms with van der Waals surface area (Å²) < 4.78 is 31.6. The molecule has 0 spiro atoms. The van der Waals surface area contributed by atoms with Crippen LogP contribution in [-0.4, -0.2) is 71.4 Å². The molecule has 44 valence electrons. The average molecular weight is 148 g/mol. The molecule has 0 rings (SSSR count). The molecule has 0 saturated carbocycles. The van der Waals surface area contributed by atoms with Gasteiger partial charge in [-0.2, -0.15) is 8.42 Å². The molecule has 0 aliphatic rings. The van der Waals surface area contributed by atoms with Crippen LogP contribution in [0, 0.1) is 0 Å². The van der Waals surface area contributed by atoms with Crippen LogP contribution in [0.3, 0.4) is 0 Å². The molecule has 8 heteroatoms. The minimum absolute atomic E-state index is 0. The number of hydrogen-bond donors (Lipinski definition) is 2. The van der Waals surface area contributed by atoms with Gasteiger partial charge in [0, 0.05) is 0 Å². The average Bonchev–Trinajstić information content (AvgIpc) is 0.722. The van der Waals surface area contributed by atoms with Crippen LogP contribution >= 0.6 is 0 Å². The van der Waals surface area contributed by atoms with Crippen molar-refractivity contribution >= 4 is 58.8 Å².